The lowest BCUT2D eigenvalue weighted by Gasteiger charge is -2.29. The lowest BCUT2D eigenvalue weighted by Crippen LogP contribution is -2.36. The first-order valence-electron chi connectivity index (χ1n) is 8.47. The number of hydrogen-bond acceptors (Lipinski definition) is 4. The van der Waals surface area contributed by atoms with E-state index in [0.29, 0.717) is 37.6 Å². The summed E-state index contributed by atoms with van der Waals surface area (Å²) >= 11 is 0. The van der Waals surface area contributed by atoms with Gasteiger partial charge in [0.2, 0.25) is 0 Å². The van der Waals surface area contributed by atoms with Crippen molar-refractivity contribution >= 4 is 17.8 Å². The first-order valence-corrected chi connectivity index (χ1v) is 8.47. The van der Waals surface area contributed by atoms with E-state index in [1.165, 1.54) is 18.3 Å². The minimum Gasteiger partial charge on any atom is -0.378 e. The van der Waals surface area contributed by atoms with Crippen molar-refractivity contribution in [3.63, 3.8) is 0 Å². The molecule has 148 valence electrons. The number of alkyl halides is 3. The number of carbonyl (C=O) groups is 1. The molecule has 9 heteroatoms. The minimum atomic E-state index is -4.54. The van der Waals surface area contributed by atoms with E-state index in [0.717, 1.165) is 18.2 Å². The molecule has 0 spiro atoms. The fraction of sp³-hybridized carbons (Fsp3) is 0.263. The van der Waals surface area contributed by atoms with E-state index in [9.17, 15) is 22.4 Å². The summed E-state index contributed by atoms with van der Waals surface area (Å²) in [6, 6.07) is 8.51. The number of halogens is 4. The standard InChI is InChI=1S/C19H17F4N3O2/c20-16-10-13(4-5-17(16)26-6-8-28-9-7-26)12-24-25-18(27)14-2-1-3-15(11-14)19(21,22)23/h1-5,10-12H,6-9H2,(H,25,27)/b24-12-. The SMILES string of the molecule is O=C(N/N=C\c1ccc(N2CCOCC2)c(F)c1)c1cccc(C(F)(F)F)c1. The molecule has 5 nitrogen and oxygen atoms in total. The fourth-order valence-electron chi connectivity index (χ4n) is 2.73. The molecule has 0 aliphatic carbocycles. The van der Waals surface area contributed by atoms with Gasteiger partial charge in [0, 0.05) is 18.7 Å². The van der Waals surface area contributed by atoms with Gasteiger partial charge in [-0.15, -0.1) is 0 Å². The van der Waals surface area contributed by atoms with Crippen molar-refractivity contribution < 1.29 is 27.1 Å². The maximum Gasteiger partial charge on any atom is 0.416 e. The van der Waals surface area contributed by atoms with Crippen LogP contribution < -0.4 is 10.3 Å². The zero-order chi connectivity index (χ0) is 20.1. The van der Waals surface area contributed by atoms with Crippen LogP contribution in [0.15, 0.2) is 47.6 Å². The molecule has 0 bridgehead atoms. The number of nitrogens with zero attached hydrogens (tertiary/aromatic N) is 2. The van der Waals surface area contributed by atoms with E-state index in [1.807, 2.05) is 4.90 Å². The lowest BCUT2D eigenvalue weighted by atomic mass is 10.1. The van der Waals surface area contributed by atoms with Gasteiger partial charge in [-0.2, -0.15) is 18.3 Å². The van der Waals surface area contributed by atoms with Crippen molar-refractivity contribution in [3.05, 3.63) is 65.0 Å². The first-order chi connectivity index (χ1) is 13.3. The molecule has 0 atom stereocenters. The summed E-state index contributed by atoms with van der Waals surface area (Å²) < 4.78 is 57.6. The van der Waals surface area contributed by atoms with E-state index < -0.39 is 23.5 Å². The molecule has 1 aliphatic heterocycles. The predicted molar refractivity (Wildman–Crippen MR) is 95.9 cm³/mol. The number of morpholine rings is 1. The molecule has 1 saturated heterocycles. The maximum absolute atomic E-state index is 14.3. The van der Waals surface area contributed by atoms with Crippen LogP contribution in [0.25, 0.3) is 0 Å². The normalized spacial score (nSPS) is 15.1. The zero-order valence-electron chi connectivity index (χ0n) is 14.7. The summed E-state index contributed by atoms with van der Waals surface area (Å²) in [5.41, 5.74) is 1.89. The summed E-state index contributed by atoms with van der Waals surface area (Å²) in [6.07, 6.45) is -3.32. The molecule has 1 aliphatic rings. The van der Waals surface area contributed by atoms with Crippen molar-refractivity contribution in [2.75, 3.05) is 31.2 Å². The fourth-order valence-corrected chi connectivity index (χ4v) is 2.73. The Balaban J connectivity index is 1.64. The number of rotatable bonds is 4. The molecule has 1 N–H and O–H groups in total. The molecule has 2 aromatic rings. The van der Waals surface area contributed by atoms with Crippen molar-refractivity contribution in [2.45, 2.75) is 6.18 Å². The second-order valence-corrected chi connectivity index (χ2v) is 6.09. The van der Waals surface area contributed by atoms with E-state index in [-0.39, 0.29) is 5.56 Å². The highest BCUT2D eigenvalue weighted by Gasteiger charge is 2.30. The van der Waals surface area contributed by atoms with Crippen molar-refractivity contribution in [1.29, 1.82) is 0 Å². The van der Waals surface area contributed by atoms with Gasteiger partial charge in [0.05, 0.1) is 30.7 Å². The number of hydrogen-bond donors (Lipinski definition) is 1. The number of hydrazone groups is 1. The molecule has 28 heavy (non-hydrogen) atoms. The molecular weight excluding hydrogens is 378 g/mol. The van der Waals surface area contributed by atoms with Crippen molar-refractivity contribution in [1.82, 2.24) is 5.43 Å². The van der Waals surface area contributed by atoms with E-state index >= 15 is 0 Å². The van der Waals surface area contributed by atoms with Crippen LogP contribution in [-0.4, -0.2) is 38.4 Å². The molecule has 2 aromatic carbocycles. The third-order valence-corrected chi connectivity index (χ3v) is 4.16. The van der Waals surface area contributed by atoms with Crippen molar-refractivity contribution in [3.8, 4) is 0 Å². The highest BCUT2D eigenvalue weighted by molar-refractivity contribution is 5.95. The number of nitrogens with one attached hydrogen (secondary N) is 1. The molecule has 1 amide bonds. The van der Waals surface area contributed by atoms with Crippen LogP contribution in [0.3, 0.4) is 0 Å². The molecule has 3 rings (SSSR count). The number of benzene rings is 2. The largest absolute Gasteiger partial charge is 0.416 e. The Morgan fingerprint density at radius 2 is 1.89 bits per heavy atom. The molecule has 1 fully saturated rings. The minimum absolute atomic E-state index is 0.180. The van der Waals surface area contributed by atoms with Gasteiger partial charge >= 0.3 is 6.18 Å². The molecule has 0 unspecified atom stereocenters. The van der Waals surface area contributed by atoms with Gasteiger partial charge in [-0.3, -0.25) is 4.79 Å². The molecular formula is C19H17F4N3O2. The summed E-state index contributed by atoms with van der Waals surface area (Å²) in [5.74, 6) is -1.23. The third kappa shape index (κ3) is 4.86. The predicted octanol–water partition coefficient (Wildman–Crippen LogP) is 3.45. The smallest absolute Gasteiger partial charge is 0.378 e. The van der Waals surface area contributed by atoms with Crippen LogP contribution in [0.1, 0.15) is 21.5 Å². The maximum atomic E-state index is 14.3. The van der Waals surface area contributed by atoms with Gasteiger partial charge in [0.15, 0.2) is 0 Å². The van der Waals surface area contributed by atoms with Gasteiger partial charge in [-0.1, -0.05) is 12.1 Å². The zero-order valence-corrected chi connectivity index (χ0v) is 14.7. The van der Waals surface area contributed by atoms with E-state index in [2.05, 4.69) is 10.5 Å². The average Bonchev–Trinajstić information content (AvgIpc) is 2.68. The van der Waals surface area contributed by atoms with Crippen molar-refractivity contribution in [2.24, 2.45) is 5.10 Å². The average molecular weight is 395 g/mol. The highest BCUT2D eigenvalue weighted by atomic mass is 19.4. The highest BCUT2D eigenvalue weighted by Crippen LogP contribution is 2.29. The van der Waals surface area contributed by atoms with Gasteiger partial charge in [0.1, 0.15) is 5.82 Å². The second kappa shape index (κ2) is 8.39. The van der Waals surface area contributed by atoms with Crippen LogP contribution in [0, 0.1) is 5.82 Å². The summed E-state index contributed by atoms with van der Waals surface area (Å²) in [7, 11) is 0. The number of ether oxygens (including phenoxy) is 1. The Morgan fingerprint density at radius 1 is 1.14 bits per heavy atom. The van der Waals surface area contributed by atoms with Gasteiger partial charge in [-0.25, -0.2) is 9.82 Å². The summed E-state index contributed by atoms with van der Waals surface area (Å²) in [6.45, 7) is 2.25. The Labute approximate surface area is 158 Å². The number of carbonyl (C=O) groups excluding carboxylic acids is 1. The molecule has 0 saturated carbocycles. The topological polar surface area (TPSA) is 53.9 Å². The molecule has 0 radical (unpaired) electrons. The Kier molecular flexibility index (Phi) is 5.93. The van der Waals surface area contributed by atoms with Crippen LogP contribution in [0.4, 0.5) is 23.2 Å². The molecule has 0 aromatic heterocycles. The Hall–Kier alpha value is -2.94. The quantitative estimate of drug-likeness (QED) is 0.490. The monoisotopic (exact) mass is 395 g/mol. The number of anilines is 1. The van der Waals surface area contributed by atoms with E-state index in [1.54, 1.807) is 12.1 Å². The van der Waals surface area contributed by atoms with Gasteiger partial charge in [-0.05, 0) is 35.9 Å². The Bertz CT molecular complexity index is 878. The van der Waals surface area contributed by atoms with Crippen LogP contribution in [0.2, 0.25) is 0 Å². The van der Waals surface area contributed by atoms with Crippen LogP contribution in [-0.2, 0) is 10.9 Å². The van der Waals surface area contributed by atoms with Gasteiger partial charge in [0.25, 0.3) is 5.91 Å². The third-order valence-electron chi connectivity index (χ3n) is 4.16. The molecule has 1 heterocycles. The number of amides is 1. The summed E-state index contributed by atoms with van der Waals surface area (Å²) in [5, 5.41) is 3.69. The van der Waals surface area contributed by atoms with E-state index in [4.69, 9.17) is 4.74 Å². The van der Waals surface area contributed by atoms with Gasteiger partial charge < -0.3 is 9.64 Å². The first kappa shape index (κ1) is 19.8. The van der Waals surface area contributed by atoms with Crippen LogP contribution >= 0.6 is 0 Å². The van der Waals surface area contributed by atoms with Crippen LogP contribution in [0.5, 0.6) is 0 Å². The Morgan fingerprint density at radius 3 is 2.57 bits per heavy atom. The summed E-state index contributed by atoms with van der Waals surface area (Å²) in [4.78, 5) is 13.8. The second-order valence-electron chi connectivity index (χ2n) is 6.09. The lowest BCUT2D eigenvalue weighted by molar-refractivity contribution is -0.137.